The Balaban J connectivity index is 3.70. The lowest BCUT2D eigenvalue weighted by Gasteiger charge is -2.16. The van der Waals surface area contributed by atoms with Gasteiger partial charge in [0.1, 0.15) is 0 Å². The van der Waals surface area contributed by atoms with E-state index in [1.165, 1.54) is 6.42 Å². The number of nitrogens with zero attached hydrogens (tertiary/aromatic N) is 1. The summed E-state index contributed by atoms with van der Waals surface area (Å²) in [5.41, 5.74) is 0.184. The van der Waals surface area contributed by atoms with Gasteiger partial charge in [0.15, 0.2) is 0 Å². The molecule has 54 valence electrons. The number of rotatable bonds is 3. The zero-order chi connectivity index (χ0) is 7.33. The Hall–Kier alpha value is -0.530. The molecule has 2 nitrogen and oxygen atoms in total. The molecule has 0 saturated carbocycles. The molecule has 0 heterocycles. The highest BCUT2D eigenvalue weighted by Crippen LogP contribution is 2.18. The van der Waals surface area contributed by atoms with Crippen LogP contribution in [-0.2, 0) is 0 Å². The molecule has 0 atom stereocenters. The highest BCUT2D eigenvalue weighted by Gasteiger charge is 2.12. The summed E-state index contributed by atoms with van der Waals surface area (Å²) in [4.78, 5) is 0. The maximum atomic E-state index is 5.01. The first kappa shape index (κ1) is 8.47. The van der Waals surface area contributed by atoms with Crippen LogP contribution in [0, 0.1) is 5.41 Å². The largest absolute Gasteiger partial charge is 0.324 e. The number of nitrogens with two attached hydrogens (primary N) is 1. The van der Waals surface area contributed by atoms with E-state index in [4.69, 9.17) is 5.84 Å². The van der Waals surface area contributed by atoms with Crippen LogP contribution >= 0.6 is 0 Å². The fourth-order valence-electron chi connectivity index (χ4n) is 0.911. The Kier molecular flexibility index (Phi) is 3.28. The smallest absolute Gasteiger partial charge is 0.0296 e. The third kappa shape index (κ3) is 4.01. The summed E-state index contributed by atoms with van der Waals surface area (Å²) < 4.78 is 0. The van der Waals surface area contributed by atoms with Gasteiger partial charge in [-0.25, -0.2) is 0 Å². The van der Waals surface area contributed by atoms with Crippen LogP contribution in [0.15, 0.2) is 5.10 Å². The number of hydrogen-bond acceptors (Lipinski definition) is 2. The third-order valence-corrected chi connectivity index (χ3v) is 1.32. The predicted molar refractivity (Wildman–Crippen MR) is 41.4 cm³/mol. The first-order valence-electron chi connectivity index (χ1n) is 3.37. The monoisotopic (exact) mass is 128 g/mol. The SMILES string of the molecule is CCCC(C)(C)/C=N/N. The lowest BCUT2D eigenvalue weighted by Crippen LogP contribution is -2.13. The van der Waals surface area contributed by atoms with Crippen molar-refractivity contribution in [2.24, 2.45) is 16.4 Å². The van der Waals surface area contributed by atoms with Crippen molar-refractivity contribution in [3.8, 4) is 0 Å². The van der Waals surface area contributed by atoms with Crippen LogP contribution in [0.2, 0.25) is 0 Å². The lowest BCUT2D eigenvalue weighted by molar-refractivity contribution is 0.479. The van der Waals surface area contributed by atoms with E-state index < -0.39 is 0 Å². The second-order valence-corrected chi connectivity index (χ2v) is 3.02. The van der Waals surface area contributed by atoms with Gasteiger partial charge in [0.25, 0.3) is 0 Å². The molecule has 0 aliphatic heterocycles. The summed E-state index contributed by atoms with van der Waals surface area (Å²) in [6.07, 6.45) is 4.13. The van der Waals surface area contributed by atoms with Gasteiger partial charge < -0.3 is 5.84 Å². The molecule has 0 amide bonds. The topological polar surface area (TPSA) is 38.4 Å². The Morgan fingerprint density at radius 2 is 2.11 bits per heavy atom. The molecule has 0 radical (unpaired) electrons. The van der Waals surface area contributed by atoms with E-state index in [9.17, 15) is 0 Å². The molecule has 0 bridgehead atoms. The second-order valence-electron chi connectivity index (χ2n) is 3.02. The minimum atomic E-state index is 0.184. The lowest BCUT2D eigenvalue weighted by atomic mass is 9.90. The molecule has 0 unspecified atom stereocenters. The van der Waals surface area contributed by atoms with Gasteiger partial charge in [0.2, 0.25) is 0 Å². The zero-order valence-corrected chi connectivity index (χ0v) is 6.52. The maximum absolute atomic E-state index is 5.01. The molecular formula is C7H16N2. The molecular weight excluding hydrogens is 112 g/mol. The van der Waals surface area contributed by atoms with E-state index in [-0.39, 0.29) is 5.41 Å². The first-order valence-corrected chi connectivity index (χ1v) is 3.37. The quantitative estimate of drug-likeness (QED) is 0.351. The molecule has 0 aliphatic rings. The van der Waals surface area contributed by atoms with E-state index in [2.05, 4.69) is 25.9 Å². The number of hydrogen-bond donors (Lipinski definition) is 1. The van der Waals surface area contributed by atoms with Gasteiger partial charge in [-0.1, -0.05) is 27.2 Å². The normalized spacial score (nSPS) is 12.8. The van der Waals surface area contributed by atoms with Crippen LogP contribution in [0.1, 0.15) is 33.6 Å². The molecule has 0 aromatic carbocycles. The van der Waals surface area contributed by atoms with Crippen molar-refractivity contribution >= 4 is 6.21 Å². The van der Waals surface area contributed by atoms with Crippen LogP contribution in [0.4, 0.5) is 0 Å². The summed E-state index contributed by atoms with van der Waals surface area (Å²) >= 11 is 0. The van der Waals surface area contributed by atoms with Crippen molar-refractivity contribution in [2.75, 3.05) is 0 Å². The molecule has 2 heteroatoms. The van der Waals surface area contributed by atoms with Crippen molar-refractivity contribution in [3.05, 3.63) is 0 Å². The highest BCUT2D eigenvalue weighted by atomic mass is 15.1. The van der Waals surface area contributed by atoms with Gasteiger partial charge >= 0.3 is 0 Å². The van der Waals surface area contributed by atoms with Gasteiger partial charge in [-0.15, -0.1) is 0 Å². The van der Waals surface area contributed by atoms with Crippen LogP contribution in [-0.4, -0.2) is 6.21 Å². The molecule has 2 N–H and O–H groups in total. The Bertz CT molecular complexity index is 95.1. The van der Waals surface area contributed by atoms with Crippen LogP contribution in [0.5, 0.6) is 0 Å². The minimum absolute atomic E-state index is 0.184. The fraction of sp³-hybridized carbons (Fsp3) is 0.857. The van der Waals surface area contributed by atoms with Crippen molar-refractivity contribution in [1.29, 1.82) is 0 Å². The molecule has 9 heavy (non-hydrogen) atoms. The van der Waals surface area contributed by atoms with Gasteiger partial charge in [-0.2, -0.15) is 5.10 Å². The van der Waals surface area contributed by atoms with Crippen molar-refractivity contribution in [1.82, 2.24) is 0 Å². The molecule has 0 aromatic heterocycles. The van der Waals surface area contributed by atoms with E-state index in [0.717, 1.165) is 6.42 Å². The average Bonchev–Trinajstić information content (AvgIpc) is 1.64. The Labute approximate surface area is 57.1 Å². The second kappa shape index (κ2) is 3.49. The first-order chi connectivity index (χ1) is 4.12. The molecule has 0 spiro atoms. The molecule has 0 aliphatic carbocycles. The average molecular weight is 128 g/mol. The van der Waals surface area contributed by atoms with Crippen molar-refractivity contribution < 1.29 is 0 Å². The molecule has 0 rings (SSSR count). The molecule has 0 aromatic rings. The minimum Gasteiger partial charge on any atom is -0.324 e. The summed E-state index contributed by atoms with van der Waals surface area (Å²) in [5, 5.41) is 3.50. The Morgan fingerprint density at radius 1 is 1.56 bits per heavy atom. The predicted octanol–water partition coefficient (Wildman–Crippen LogP) is 1.76. The van der Waals surface area contributed by atoms with E-state index in [1.54, 1.807) is 6.21 Å². The molecule has 0 fully saturated rings. The standard InChI is InChI=1S/C7H16N2/c1-4-5-7(2,3)6-9-8/h6H,4-5,8H2,1-3H3/b9-6+. The van der Waals surface area contributed by atoms with Gasteiger partial charge in [0.05, 0.1) is 0 Å². The summed E-state index contributed by atoms with van der Waals surface area (Å²) in [7, 11) is 0. The van der Waals surface area contributed by atoms with E-state index >= 15 is 0 Å². The third-order valence-electron chi connectivity index (χ3n) is 1.32. The Morgan fingerprint density at radius 3 is 2.44 bits per heavy atom. The van der Waals surface area contributed by atoms with Crippen molar-refractivity contribution in [2.45, 2.75) is 33.6 Å². The van der Waals surface area contributed by atoms with Gasteiger partial charge in [-0.05, 0) is 6.42 Å². The number of hydrazone groups is 1. The van der Waals surface area contributed by atoms with Gasteiger partial charge in [0, 0.05) is 11.6 Å². The summed E-state index contributed by atoms with van der Waals surface area (Å²) in [5.74, 6) is 5.01. The molecule has 0 saturated heterocycles. The van der Waals surface area contributed by atoms with E-state index in [1.807, 2.05) is 0 Å². The van der Waals surface area contributed by atoms with Gasteiger partial charge in [-0.3, -0.25) is 0 Å². The van der Waals surface area contributed by atoms with Crippen LogP contribution < -0.4 is 5.84 Å². The van der Waals surface area contributed by atoms with Crippen LogP contribution in [0.25, 0.3) is 0 Å². The fourth-order valence-corrected chi connectivity index (χ4v) is 0.911. The zero-order valence-electron chi connectivity index (χ0n) is 6.52. The maximum Gasteiger partial charge on any atom is 0.0296 e. The van der Waals surface area contributed by atoms with E-state index in [0.29, 0.717) is 0 Å². The van der Waals surface area contributed by atoms with Crippen molar-refractivity contribution in [3.63, 3.8) is 0 Å². The highest BCUT2D eigenvalue weighted by molar-refractivity contribution is 5.63. The van der Waals surface area contributed by atoms with Crippen LogP contribution in [0.3, 0.4) is 0 Å². The summed E-state index contributed by atoms with van der Waals surface area (Å²) in [6, 6.07) is 0. The summed E-state index contributed by atoms with van der Waals surface area (Å²) in [6.45, 7) is 6.42.